The second kappa shape index (κ2) is 9.30. The molecule has 0 fully saturated rings. The molecule has 7 heteroatoms. The van der Waals surface area contributed by atoms with Gasteiger partial charge in [-0.1, -0.05) is 29.8 Å². The van der Waals surface area contributed by atoms with Crippen molar-refractivity contribution in [3.8, 4) is 0 Å². The Kier molecular flexibility index (Phi) is 6.57. The third-order valence-electron chi connectivity index (χ3n) is 3.65. The van der Waals surface area contributed by atoms with E-state index in [1.807, 2.05) is 5.38 Å². The lowest BCUT2D eigenvalue weighted by Crippen LogP contribution is -2.21. The summed E-state index contributed by atoms with van der Waals surface area (Å²) in [6.45, 7) is -0.437. The van der Waals surface area contributed by atoms with Crippen LogP contribution in [0.5, 0.6) is 0 Å². The number of carbonyl (C=O) groups excluding carboxylic acids is 2. The number of hydrogen-bond acceptors (Lipinski definition) is 4. The molecule has 1 aromatic heterocycles. The molecule has 2 aromatic carbocycles. The highest BCUT2D eigenvalue weighted by Crippen LogP contribution is 2.24. The summed E-state index contributed by atoms with van der Waals surface area (Å²) in [5.41, 5.74) is 1.49. The molecule has 0 unspecified atom stereocenters. The van der Waals surface area contributed by atoms with E-state index < -0.39 is 18.5 Å². The SMILES string of the molecule is O=C(COC(=O)/C(=C/c1ccc(F)cc1)c1cccs1)Nc1ccc(Cl)cc1. The first-order valence-electron chi connectivity index (χ1n) is 8.25. The van der Waals surface area contributed by atoms with E-state index in [0.29, 0.717) is 26.7 Å². The normalized spacial score (nSPS) is 11.1. The summed E-state index contributed by atoms with van der Waals surface area (Å²) >= 11 is 7.17. The Morgan fingerprint density at radius 3 is 2.43 bits per heavy atom. The minimum atomic E-state index is -0.641. The summed E-state index contributed by atoms with van der Waals surface area (Å²) in [7, 11) is 0. The third-order valence-corrected chi connectivity index (χ3v) is 4.81. The maximum Gasteiger partial charge on any atom is 0.340 e. The quantitative estimate of drug-likeness (QED) is 0.441. The predicted octanol–water partition coefficient (Wildman–Crippen LogP) is 5.26. The molecule has 0 saturated heterocycles. The number of halogens is 2. The van der Waals surface area contributed by atoms with Crippen LogP contribution in [0.25, 0.3) is 11.6 Å². The van der Waals surface area contributed by atoms with Crippen LogP contribution in [0.4, 0.5) is 10.1 Å². The van der Waals surface area contributed by atoms with Gasteiger partial charge in [0, 0.05) is 15.6 Å². The van der Waals surface area contributed by atoms with E-state index in [0.717, 1.165) is 0 Å². The summed E-state index contributed by atoms with van der Waals surface area (Å²) < 4.78 is 18.3. The number of nitrogens with one attached hydrogen (secondary N) is 1. The molecule has 3 aromatic rings. The monoisotopic (exact) mass is 415 g/mol. The Labute approximate surface area is 170 Å². The number of carbonyl (C=O) groups is 2. The highest BCUT2D eigenvalue weighted by molar-refractivity contribution is 7.11. The van der Waals surface area contributed by atoms with Crippen molar-refractivity contribution < 1.29 is 18.7 Å². The molecular formula is C21H15ClFNO3S. The molecule has 0 radical (unpaired) electrons. The number of rotatable bonds is 6. The van der Waals surface area contributed by atoms with Crippen LogP contribution >= 0.6 is 22.9 Å². The van der Waals surface area contributed by atoms with Crippen LogP contribution in [0.2, 0.25) is 5.02 Å². The summed E-state index contributed by atoms with van der Waals surface area (Å²) in [5, 5.41) is 5.00. The molecule has 142 valence electrons. The fourth-order valence-corrected chi connectivity index (χ4v) is 3.18. The van der Waals surface area contributed by atoms with Crippen molar-refractivity contribution in [2.24, 2.45) is 0 Å². The second-order valence-electron chi connectivity index (χ2n) is 5.72. The minimum Gasteiger partial charge on any atom is -0.452 e. The lowest BCUT2D eigenvalue weighted by Gasteiger charge is -2.08. The first-order chi connectivity index (χ1) is 13.5. The van der Waals surface area contributed by atoms with Gasteiger partial charge >= 0.3 is 5.97 Å². The average Bonchev–Trinajstić information content (AvgIpc) is 3.22. The average molecular weight is 416 g/mol. The molecular weight excluding hydrogens is 401 g/mol. The van der Waals surface area contributed by atoms with Gasteiger partial charge in [0.2, 0.25) is 0 Å². The van der Waals surface area contributed by atoms with Gasteiger partial charge in [-0.3, -0.25) is 4.79 Å². The van der Waals surface area contributed by atoms with Gasteiger partial charge in [0.1, 0.15) is 5.82 Å². The van der Waals surface area contributed by atoms with Gasteiger partial charge in [0.15, 0.2) is 6.61 Å². The van der Waals surface area contributed by atoms with Crippen molar-refractivity contribution in [1.82, 2.24) is 0 Å². The topological polar surface area (TPSA) is 55.4 Å². The molecule has 1 amide bonds. The van der Waals surface area contributed by atoms with E-state index in [4.69, 9.17) is 16.3 Å². The van der Waals surface area contributed by atoms with Crippen LogP contribution < -0.4 is 5.32 Å². The van der Waals surface area contributed by atoms with Crippen LogP contribution in [0.1, 0.15) is 10.4 Å². The van der Waals surface area contributed by atoms with E-state index >= 15 is 0 Å². The smallest absolute Gasteiger partial charge is 0.340 e. The highest BCUT2D eigenvalue weighted by Gasteiger charge is 2.16. The largest absolute Gasteiger partial charge is 0.452 e. The van der Waals surface area contributed by atoms with Crippen molar-refractivity contribution in [3.05, 3.63) is 87.3 Å². The maximum atomic E-state index is 13.1. The van der Waals surface area contributed by atoms with Gasteiger partial charge in [-0.25, -0.2) is 9.18 Å². The minimum absolute atomic E-state index is 0.293. The third kappa shape index (κ3) is 5.52. The zero-order valence-electron chi connectivity index (χ0n) is 14.5. The fraction of sp³-hybridized carbons (Fsp3) is 0.0476. The summed E-state index contributed by atoms with van der Waals surface area (Å²) in [4.78, 5) is 25.3. The maximum absolute atomic E-state index is 13.1. The number of ether oxygens (including phenoxy) is 1. The van der Waals surface area contributed by atoms with E-state index in [1.165, 1.54) is 23.5 Å². The highest BCUT2D eigenvalue weighted by atomic mass is 35.5. The van der Waals surface area contributed by atoms with Crippen molar-refractivity contribution in [3.63, 3.8) is 0 Å². The van der Waals surface area contributed by atoms with Gasteiger partial charge in [-0.15, -0.1) is 11.3 Å². The summed E-state index contributed by atoms with van der Waals surface area (Å²) in [6.07, 6.45) is 1.60. The molecule has 0 saturated carbocycles. The molecule has 1 heterocycles. The van der Waals surface area contributed by atoms with Crippen LogP contribution in [0.3, 0.4) is 0 Å². The predicted molar refractivity (Wildman–Crippen MR) is 110 cm³/mol. The van der Waals surface area contributed by atoms with Gasteiger partial charge in [-0.05, 0) is 59.5 Å². The Balaban J connectivity index is 1.68. The van der Waals surface area contributed by atoms with E-state index in [2.05, 4.69) is 5.32 Å². The number of esters is 1. The van der Waals surface area contributed by atoms with Gasteiger partial charge in [-0.2, -0.15) is 0 Å². The molecule has 4 nitrogen and oxygen atoms in total. The molecule has 0 bridgehead atoms. The molecule has 0 aliphatic heterocycles. The number of benzene rings is 2. The molecule has 3 rings (SSSR count). The lowest BCUT2D eigenvalue weighted by atomic mass is 10.1. The number of anilines is 1. The van der Waals surface area contributed by atoms with Crippen molar-refractivity contribution in [2.45, 2.75) is 0 Å². The van der Waals surface area contributed by atoms with Crippen LogP contribution in [-0.4, -0.2) is 18.5 Å². The van der Waals surface area contributed by atoms with Crippen LogP contribution in [0.15, 0.2) is 66.0 Å². The molecule has 0 aliphatic rings. The molecule has 0 spiro atoms. The van der Waals surface area contributed by atoms with Crippen molar-refractivity contribution in [2.75, 3.05) is 11.9 Å². The van der Waals surface area contributed by atoms with E-state index in [9.17, 15) is 14.0 Å². The fourth-order valence-electron chi connectivity index (χ4n) is 2.33. The Morgan fingerprint density at radius 1 is 1.07 bits per heavy atom. The zero-order chi connectivity index (χ0) is 19.9. The van der Waals surface area contributed by atoms with E-state index in [-0.39, 0.29) is 5.82 Å². The van der Waals surface area contributed by atoms with Gasteiger partial charge < -0.3 is 10.1 Å². The van der Waals surface area contributed by atoms with Gasteiger partial charge in [0.25, 0.3) is 5.91 Å². The van der Waals surface area contributed by atoms with Crippen LogP contribution in [-0.2, 0) is 14.3 Å². The Morgan fingerprint density at radius 2 is 1.79 bits per heavy atom. The number of hydrogen-bond donors (Lipinski definition) is 1. The zero-order valence-corrected chi connectivity index (χ0v) is 16.1. The van der Waals surface area contributed by atoms with E-state index in [1.54, 1.807) is 54.6 Å². The number of amides is 1. The summed E-state index contributed by atoms with van der Waals surface area (Å²) in [6, 6.07) is 15.9. The van der Waals surface area contributed by atoms with Crippen molar-refractivity contribution >= 4 is 52.2 Å². The first kappa shape index (κ1) is 19.8. The molecule has 1 N–H and O–H groups in total. The van der Waals surface area contributed by atoms with Crippen molar-refractivity contribution in [1.29, 1.82) is 0 Å². The standard InChI is InChI=1S/C21H15ClFNO3S/c22-15-5-9-17(10-6-15)24-20(25)13-27-21(26)18(19-2-1-11-28-19)12-14-3-7-16(23)8-4-14/h1-12H,13H2,(H,24,25)/b18-12+. The molecule has 28 heavy (non-hydrogen) atoms. The molecule has 0 atom stereocenters. The Bertz CT molecular complexity index is 984. The molecule has 0 aliphatic carbocycles. The first-order valence-corrected chi connectivity index (χ1v) is 9.51. The van der Waals surface area contributed by atoms with Crippen LogP contribution in [0, 0.1) is 5.82 Å². The summed E-state index contributed by atoms with van der Waals surface area (Å²) in [5.74, 6) is -1.47. The second-order valence-corrected chi connectivity index (χ2v) is 7.10. The van der Waals surface area contributed by atoms with Gasteiger partial charge in [0.05, 0.1) is 5.57 Å². The number of thiophene rings is 1. The lowest BCUT2D eigenvalue weighted by molar-refractivity contribution is -0.141. The Hall–Kier alpha value is -2.96.